The van der Waals surface area contributed by atoms with E-state index in [1.165, 1.54) is 24.7 Å². The molecular weight excluding hydrogens is 384 g/mol. The van der Waals surface area contributed by atoms with Crippen molar-refractivity contribution in [3.63, 3.8) is 0 Å². The van der Waals surface area contributed by atoms with Gasteiger partial charge in [-0.15, -0.1) is 0 Å². The molecule has 156 valence electrons. The van der Waals surface area contributed by atoms with Gasteiger partial charge in [0.15, 0.2) is 9.84 Å². The Morgan fingerprint density at radius 2 is 1.79 bits per heavy atom. The number of piperidine rings is 1. The number of hydrogen-bond acceptors (Lipinski definition) is 4. The van der Waals surface area contributed by atoms with Gasteiger partial charge in [-0.3, -0.25) is 9.69 Å². The molecule has 29 heavy (non-hydrogen) atoms. The summed E-state index contributed by atoms with van der Waals surface area (Å²) < 4.78 is 22.8. The Morgan fingerprint density at radius 3 is 2.45 bits per heavy atom. The van der Waals surface area contributed by atoms with Gasteiger partial charge in [0.1, 0.15) is 0 Å². The summed E-state index contributed by atoms with van der Waals surface area (Å²) >= 11 is 0. The van der Waals surface area contributed by atoms with E-state index in [0.717, 1.165) is 31.1 Å². The molecule has 1 amide bonds. The second-order valence-corrected chi connectivity index (χ2v) is 10.3. The number of nitrogens with zero attached hydrogens (tertiary/aromatic N) is 1. The Kier molecular flexibility index (Phi) is 7.09. The van der Waals surface area contributed by atoms with E-state index >= 15 is 0 Å². The SMILES string of the molecule is C[C@H]1CCCN(Cc2ccccc2CNC(=O)c2ccc(CS(C)(=O)=O)cc2)C1. The molecule has 5 nitrogen and oxygen atoms in total. The summed E-state index contributed by atoms with van der Waals surface area (Å²) in [5.41, 5.74) is 3.60. The lowest BCUT2D eigenvalue weighted by Crippen LogP contribution is -2.34. The van der Waals surface area contributed by atoms with Crippen LogP contribution in [0.25, 0.3) is 0 Å². The molecule has 0 spiro atoms. The van der Waals surface area contributed by atoms with Crippen LogP contribution in [0.4, 0.5) is 0 Å². The molecule has 1 aliphatic rings. The van der Waals surface area contributed by atoms with Gasteiger partial charge in [0.2, 0.25) is 0 Å². The molecule has 1 atom stereocenters. The first-order valence-corrected chi connectivity index (χ1v) is 12.2. The van der Waals surface area contributed by atoms with Gasteiger partial charge in [-0.2, -0.15) is 0 Å². The highest BCUT2D eigenvalue weighted by Gasteiger charge is 2.17. The number of carbonyl (C=O) groups is 1. The Bertz CT molecular complexity index is 939. The average molecular weight is 415 g/mol. The van der Waals surface area contributed by atoms with Crippen molar-refractivity contribution in [2.75, 3.05) is 19.3 Å². The quantitative estimate of drug-likeness (QED) is 0.754. The zero-order valence-electron chi connectivity index (χ0n) is 17.2. The van der Waals surface area contributed by atoms with E-state index in [1.807, 2.05) is 6.07 Å². The number of sulfone groups is 1. The van der Waals surface area contributed by atoms with Crippen LogP contribution in [0.3, 0.4) is 0 Å². The van der Waals surface area contributed by atoms with Crippen LogP contribution in [-0.2, 0) is 28.7 Å². The predicted octanol–water partition coefficient (Wildman–Crippen LogP) is 3.39. The van der Waals surface area contributed by atoms with Crippen molar-refractivity contribution in [1.29, 1.82) is 0 Å². The first-order chi connectivity index (χ1) is 13.8. The first-order valence-electron chi connectivity index (χ1n) is 10.1. The van der Waals surface area contributed by atoms with Crippen molar-refractivity contribution >= 4 is 15.7 Å². The fraction of sp³-hybridized carbons (Fsp3) is 0.435. The maximum absolute atomic E-state index is 12.5. The fourth-order valence-corrected chi connectivity index (χ4v) is 4.69. The minimum Gasteiger partial charge on any atom is -0.348 e. The fourth-order valence-electron chi connectivity index (χ4n) is 3.89. The molecule has 2 aromatic rings. The molecule has 1 N–H and O–H groups in total. The molecule has 1 heterocycles. The van der Waals surface area contributed by atoms with Crippen molar-refractivity contribution in [3.05, 3.63) is 70.8 Å². The molecule has 0 saturated carbocycles. The van der Waals surface area contributed by atoms with Gasteiger partial charge in [0.05, 0.1) is 5.75 Å². The lowest BCUT2D eigenvalue weighted by molar-refractivity contribution is 0.0950. The summed E-state index contributed by atoms with van der Waals surface area (Å²) in [6.45, 7) is 5.95. The van der Waals surface area contributed by atoms with Crippen LogP contribution < -0.4 is 5.32 Å². The minimum absolute atomic E-state index is 0.0165. The predicted molar refractivity (Wildman–Crippen MR) is 116 cm³/mol. The molecule has 1 aliphatic heterocycles. The van der Waals surface area contributed by atoms with E-state index < -0.39 is 9.84 Å². The minimum atomic E-state index is -3.08. The zero-order chi connectivity index (χ0) is 20.9. The third-order valence-electron chi connectivity index (χ3n) is 5.34. The van der Waals surface area contributed by atoms with Crippen LogP contribution in [0.1, 0.15) is 46.8 Å². The van der Waals surface area contributed by atoms with Gasteiger partial charge in [-0.05, 0) is 54.1 Å². The third-order valence-corrected chi connectivity index (χ3v) is 6.20. The van der Waals surface area contributed by atoms with Crippen molar-refractivity contribution in [3.8, 4) is 0 Å². The van der Waals surface area contributed by atoms with Crippen molar-refractivity contribution in [2.24, 2.45) is 5.92 Å². The highest BCUT2D eigenvalue weighted by molar-refractivity contribution is 7.89. The van der Waals surface area contributed by atoms with E-state index in [0.29, 0.717) is 17.7 Å². The van der Waals surface area contributed by atoms with Gasteiger partial charge < -0.3 is 5.32 Å². The molecule has 6 heteroatoms. The lowest BCUT2D eigenvalue weighted by atomic mass is 9.99. The summed E-state index contributed by atoms with van der Waals surface area (Å²) in [6.07, 6.45) is 3.75. The normalized spacial score (nSPS) is 17.8. The van der Waals surface area contributed by atoms with Gasteiger partial charge in [-0.1, -0.05) is 43.3 Å². The number of rotatable bonds is 7. The number of likely N-dealkylation sites (tertiary alicyclic amines) is 1. The molecule has 3 rings (SSSR count). The number of carbonyl (C=O) groups excluding carboxylic acids is 1. The second kappa shape index (κ2) is 9.55. The Morgan fingerprint density at radius 1 is 1.10 bits per heavy atom. The summed E-state index contributed by atoms with van der Waals surface area (Å²) in [4.78, 5) is 15.0. The van der Waals surface area contributed by atoms with Crippen molar-refractivity contribution < 1.29 is 13.2 Å². The molecule has 0 unspecified atom stereocenters. The highest BCUT2D eigenvalue weighted by atomic mass is 32.2. The largest absolute Gasteiger partial charge is 0.348 e. The van der Waals surface area contributed by atoms with Gasteiger partial charge in [-0.25, -0.2) is 8.42 Å². The molecule has 0 bridgehead atoms. The zero-order valence-corrected chi connectivity index (χ0v) is 18.0. The number of hydrogen-bond donors (Lipinski definition) is 1. The number of benzene rings is 2. The Hall–Kier alpha value is -2.18. The Balaban J connectivity index is 1.60. The van der Waals surface area contributed by atoms with Crippen LogP contribution >= 0.6 is 0 Å². The van der Waals surface area contributed by atoms with Gasteiger partial charge >= 0.3 is 0 Å². The van der Waals surface area contributed by atoms with E-state index in [1.54, 1.807) is 24.3 Å². The molecule has 2 aromatic carbocycles. The smallest absolute Gasteiger partial charge is 0.251 e. The monoisotopic (exact) mass is 414 g/mol. The van der Waals surface area contributed by atoms with Crippen molar-refractivity contribution in [2.45, 2.75) is 38.6 Å². The van der Waals surface area contributed by atoms with Crippen LogP contribution in [0.5, 0.6) is 0 Å². The average Bonchev–Trinajstić information content (AvgIpc) is 2.66. The molecule has 0 aromatic heterocycles. The summed E-state index contributed by atoms with van der Waals surface area (Å²) in [6, 6.07) is 15.0. The number of nitrogens with one attached hydrogen (secondary N) is 1. The molecule has 0 aliphatic carbocycles. The maximum Gasteiger partial charge on any atom is 0.251 e. The Labute approximate surface area is 174 Å². The molecular formula is C23H30N2O3S. The van der Waals surface area contributed by atoms with Crippen LogP contribution in [0.2, 0.25) is 0 Å². The van der Waals surface area contributed by atoms with Crippen LogP contribution in [-0.4, -0.2) is 38.6 Å². The van der Waals surface area contributed by atoms with E-state index in [-0.39, 0.29) is 11.7 Å². The van der Waals surface area contributed by atoms with Crippen LogP contribution in [0, 0.1) is 5.92 Å². The third kappa shape index (κ3) is 6.68. The first kappa shape index (κ1) is 21.5. The standard InChI is InChI=1S/C23H30N2O3S/c1-18-6-5-13-25(15-18)16-22-8-4-3-7-21(22)14-24-23(26)20-11-9-19(10-12-20)17-29(2,27)28/h3-4,7-12,18H,5-6,13-17H2,1-2H3,(H,24,26)/t18-/m0/s1. The van der Waals surface area contributed by atoms with Gasteiger partial charge in [0, 0.05) is 31.5 Å². The lowest BCUT2D eigenvalue weighted by Gasteiger charge is -2.31. The van der Waals surface area contributed by atoms with Gasteiger partial charge in [0.25, 0.3) is 5.91 Å². The summed E-state index contributed by atoms with van der Waals surface area (Å²) in [5, 5.41) is 2.99. The van der Waals surface area contributed by atoms with E-state index in [4.69, 9.17) is 0 Å². The molecule has 0 radical (unpaired) electrons. The topological polar surface area (TPSA) is 66.5 Å². The summed E-state index contributed by atoms with van der Waals surface area (Å²) in [5.74, 6) is 0.566. The summed E-state index contributed by atoms with van der Waals surface area (Å²) in [7, 11) is -3.08. The molecule has 1 saturated heterocycles. The second-order valence-electron chi connectivity index (χ2n) is 8.20. The van der Waals surface area contributed by atoms with Crippen LogP contribution in [0.15, 0.2) is 48.5 Å². The van der Waals surface area contributed by atoms with E-state index in [9.17, 15) is 13.2 Å². The highest BCUT2D eigenvalue weighted by Crippen LogP contribution is 2.19. The van der Waals surface area contributed by atoms with Crippen molar-refractivity contribution in [1.82, 2.24) is 10.2 Å². The number of amides is 1. The van der Waals surface area contributed by atoms with E-state index in [2.05, 4.69) is 35.3 Å². The maximum atomic E-state index is 12.5. The molecule has 1 fully saturated rings.